The van der Waals surface area contributed by atoms with Gasteiger partial charge < -0.3 is 10.1 Å². The van der Waals surface area contributed by atoms with Crippen molar-refractivity contribution in [2.75, 3.05) is 5.32 Å². The Morgan fingerprint density at radius 3 is 2.33 bits per heavy atom. The molecule has 150 valence electrons. The van der Waals surface area contributed by atoms with Gasteiger partial charge in [0.15, 0.2) is 5.82 Å². The van der Waals surface area contributed by atoms with Gasteiger partial charge in [-0.1, -0.05) is 17.7 Å². The Labute approximate surface area is 174 Å². The molecule has 4 aromatic rings. The molecular formula is C23H21N5O2. The molecule has 0 radical (unpaired) electrons. The molecule has 0 saturated carbocycles. The lowest BCUT2D eigenvalue weighted by Gasteiger charge is -2.09. The first-order valence-corrected chi connectivity index (χ1v) is 9.49. The van der Waals surface area contributed by atoms with Crippen molar-refractivity contribution in [1.29, 1.82) is 0 Å². The highest BCUT2D eigenvalue weighted by molar-refractivity contribution is 6.04. The predicted molar refractivity (Wildman–Crippen MR) is 114 cm³/mol. The zero-order valence-corrected chi connectivity index (χ0v) is 17.0. The zero-order chi connectivity index (χ0) is 21.1. The normalized spacial score (nSPS) is 10.6. The maximum absolute atomic E-state index is 12.3. The van der Waals surface area contributed by atoms with E-state index in [9.17, 15) is 4.79 Å². The summed E-state index contributed by atoms with van der Waals surface area (Å²) in [6, 6.07) is 18.2. The van der Waals surface area contributed by atoms with Gasteiger partial charge in [-0.25, -0.2) is 14.6 Å². The SMILES string of the molecule is Cc1ccc(C(=O)Nc2ccc(Oc3cc(-n4nc(C)cc4C)ncn3)cc2)cc1. The Hall–Kier alpha value is -4.00. The molecule has 7 heteroatoms. The molecule has 0 spiro atoms. The van der Waals surface area contributed by atoms with E-state index >= 15 is 0 Å². The number of benzene rings is 2. The number of nitrogens with zero attached hydrogens (tertiary/aromatic N) is 4. The van der Waals surface area contributed by atoms with Crippen molar-refractivity contribution >= 4 is 11.6 Å². The van der Waals surface area contributed by atoms with Crippen molar-refractivity contribution in [2.45, 2.75) is 20.8 Å². The van der Waals surface area contributed by atoms with Gasteiger partial charge in [0.1, 0.15) is 12.1 Å². The molecule has 0 saturated heterocycles. The molecule has 7 nitrogen and oxygen atoms in total. The molecule has 0 aliphatic carbocycles. The van der Waals surface area contributed by atoms with E-state index in [1.54, 1.807) is 47.1 Å². The van der Waals surface area contributed by atoms with E-state index in [-0.39, 0.29) is 5.91 Å². The molecule has 4 rings (SSSR count). The van der Waals surface area contributed by atoms with Crippen LogP contribution in [0.5, 0.6) is 11.6 Å². The highest BCUT2D eigenvalue weighted by Crippen LogP contribution is 2.23. The van der Waals surface area contributed by atoms with E-state index in [4.69, 9.17) is 4.74 Å². The van der Waals surface area contributed by atoms with Crippen LogP contribution in [0.4, 0.5) is 5.69 Å². The lowest BCUT2D eigenvalue weighted by Crippen LogP contribution is -2.11. The Kier molecular flexibility index (Phi) is 5.26. The molecule has 0 fully saturated rings. The number of rotatable bonds is 5. The summed E-state index contributed by atoms with van der Waals surface area (Å²) in [5.74, 6) is 1.48. The van der Waals surface area contributed by atoms with Gasteiger partial charge in [-0.3, -0.25) is 4.79 Å². The number of aromatic nitrogens is 4. The standard InChI is InChI=1S/C23H21N5O2/c1-15-4-6-18(7-5-15)23(29)26-19-8-10-20(11-9-19)30-22-13-21(24-14-25-22)28-17(3)12-16(2)27-28/h4-14H,1-3H3,(H,26,29). The first-order chi connectivity index (χ1) is 14.5. The third-order valence-corrected chi connectivity index (χ3v) is 4.50. The van der Waals surface area contributed by atoms with Crippen LogP contribution in [0.15, 0.2) is 67.0 Å². The summed E-state index contributed by atoms with van der Waals surface area (Å²) >= 11 is 0. The van der Waals surface area contributed by atoms with Crippen LogP contribution in [0.25, 0.3) is 5.82 Å². The van der Waals surface area contributed by atoms with E-state index < -0.39 is 0 Å². The summed E-state index contributed by atoms with van der Waals surface area (Å²) in [6.07, 6.45) is 1.44. The highest BCUT2D eigenvalue weighted by atomic mass is 16.5. The molecule has 30 heavy (non-hydrogen) atoms. The number of carbonyl (C=O) groups excluding carboxylic acids is 1. The molecule has 1 N–H and O–H groups in total. The maximum Gasteiger partial charge on any atom is 0.255 e. The topological polar surface area (TPSA) is 81.9 Å². The molecule has 2 aromatic carbocycles. The Morgan fingerprint density at radius 2 is 1.67 bits per heavy atom. The van der Waals surface area contributed by atoms with Gasteiger partial charge in [0.2, 0.25) is 5.88 Å². The Morgan fingerprint density at radius 1 is 0.933 bits per heavy atom. The van der Waals surface area contributed by atoms with Crippen LogP contribution >= 0.6 is 0 Å². The van der Waals surface area contributed by atoms with Gasteiger partial charge >= 0.3 is 0 Å². The summed E-state index contributed by atoms with van der Waals surface area (Å²) in [7, 11) is 0. The third kappa shape index (κ3) is 4.35. The fourth-order valence-corrected chi connectivity index (χ4v) is 3.00. The van der Waals surface area contributed by atoms with Gasteiger partial charge in [0.05, 0.1) is 5.69 Å². The second-order valence-corrected chi connectivity index (χ2v) is 7.00. The summed E-state index contributed by atoms with van der Waals surface area (Å²) in [4.78, 5) is 20.8. The Balaban J connectivity index is 1.45. The fraction of sp³-hybridized carbons (Fsp3) is 0.130. The number of amides is 1. The molecular weight excluding hydrogens is 378 g/mol. The van der Waals surface area contributed by atoms with Crippen molar-refractivity contribution in [1.82, 2.24) is 19.7 Å². The number of carbonyl (C=O) groups is 1. The molecule has 2 aromatic heterocycles. The van der Waals surface area contributed by atoms with Crippen LogP contribution in [0.3, 0.4) is 0 Å². The molecule has 0 bridgehead atoms. The summed E-state index contributed by atoms with van der Waals surface area (Å²) in [6.45, 7) is 5.88. The Bertz CT molecular complexity index is 1180. The lowest BCUT2D eigenvalue weighted by atomic mass is 10.1. The lowest BCUT2D eigenvalue weighted by molar-refractivity contribution is 0.102. The first kappa shape index (κ1) is 19.3. The number of anilines is 1. The van der Waals surface area contributed by atoms with Crippen molar-refractivity contribution < 1.29 is 9.53 Å². The minimum Gasteiger partial charge on any atom is -0.439 e. The van der Waals surface area contributed by atoms with Crippen LogP contribution < -0.4 is 10.1 Å². The van der Waals surface area contributed by atoms with E-state index in [1.165, 1.54) is 6.33 Å². The van der Waals surface area contributed by atoms with Gasteiger partial charge in [-0.05, 0) is 63.2 Å². The van der Waals surface area contributed by atoms with Crippen molar-refractivity contribution in [3.63, 3.8) is 0 Å². The molecule has 0 aliphatic rings. The molecule has 2 heterocycles. The second kappa shape index (κ2) is 8.16. The van der Waals surface area contributed by atoms with Crippen LogP contribution in [-0.2, 0) is 0 Å². The summed E-state index contributed by atoms with van der Waals surface area (Å²) in [5.41, 5.74) is 4.29. The number of hydrogen-bond donors (Lipinski definition) is 1. The minimum absolute atomic E-state index is 0.158. The quantitative estimate of drug-likeness (QED) is 0.529. The average Bonchev–Trinajstić information content (AvgIpc) is 3.08. The van der Waals surface area contributed by atoms with Gasteiger partial charge in [0.25, 0.3) is 5.91 Å². The van der Waals surface area contributed by atoms with Crippen molar-refractivity contribution in [3.8, 4) is 17.4 Å². The maximum atomic E-state index is 12.3. The van der Waals surface area contributed by atoms with Crippen molar-refractivity contribution in [2.24, 2.45) is 0 Å². The first-order valence-electron chi connectivity index (χ1n) is 9.49. The van der Waals surface area contributed by atoms with Crippen LogP contribution in [0, 0.1) is 20.8 Å². The molecule has 0 atom stereocenters. The molecule has 0 unspecified atom stereocenters. The van der Waals surface area contributed by atoms with Crippen LogP contribution in [0.2, 0.25) is 0 Å². The summed E-state index contributed by atoms with van der Waals surface area (Å²) < 4.78 is 7.58. The smallest absolute Gasteiger partial charge is 0.255 e. The van der Waals surface area contributed by atoms with E-state index in [2.05, 4.69) is 20.4 Å². The highest BCUT2D eigenvalue weighted by Gasteiger charge is 2.09. The zero-order valence-electron chi connectivity index (χ0n) is 17.0. The van der Waals surface area contributed by atoms with Gasteiger partial charge in [-0.2, -0.15) is 5.10 Å². The van der Waals surface area contributed by atoms with E-state index in [0.29, 0.717) is 28.7 Å². The number of nitrogens with one attached hydrogen (secondary N) is 1. The van der Waals surface area contributed by atoms with Crippen LogP contribution in [-0.4, -0.2) is 25.7 Å². The molecule has 0 aliphatic heterocycles. The van der Waals surface area contributed by atoms with E-state index in [0.717, 1.165) is 17.0 Å². The monoisotopic (exact) mass is 399 g/mol. The number of aryl methyl sites for hydroxylation is 3. The van der Waals surface area contributed by atoms with Gasteiger partial charge in [-0.15, -0.1) is 0 Å². The fourth-order valence-electron chi connectivity index (χ4n) is 3.00. The average molecular weight is 399 g/mol. The van der Waals surface area contributed by atoms with Crippen molar-refractivity contribution in [3.05, 3.63) is 89.5 Å². The third-order valence-electron chi connectivity index (χ3n) is 4.50. The molecule has 1 amide bonds. The van der Waals surface area contributed by atoms with Crippen LogP contribution in [0.1, 0.15) is 27.3 Å². The number of ether oxygens (including phenoxy) is 1. The minimum atomic E-state index is -0.158. The largest absolute Gasteiger partial charge is 0.439 e. The second-order valence-electron chi connectivity index (χ2n) is 7.00. The van der Waals surface area contributed by atoms with E-state index in [1.807, 2.05) is 39.0 Å². The van der Waals surface area contributed by atoms with Gasteiger partial charge in [0, 0.05) is 23.0 Å². The predicted octanol–water partition coefficient (Wildman–Crippen LogP) is 4.63. The summed E-state index contributed by atoms with van der Waals surface area (Å²) in [5, 5.41) is 7.30. The number of hydrogen-bond acceptors (Lipinski definition) is 5.